The van der Waals surface area contributed by atoms with Crippen LogP contribution in [0.5, 0.6) is 11.5 Å². The molecule has 0 amide bonds. The molecule has 1 aromatic heterocycles. The number of hydrogen-bond donors (Lipinski definition) is 0. The molecule has 1 fully saturated rings. The lowest BCUT2D eigenvalue weighted by molar-refractivity contribution is 0.238. The summed E-state index contributed by atoms with van der Waals surface area (Å²) in [6.45, 7) is 9.81. The largest absolute Gasteiger partial charge is 0.490 e. The van der Waals surface area contributed by atoms with Gasteiger partial charge in [-0.25, -0.2) is 0 Å². The van der Waals surface area contributed by atoms with Crippen molar-refractivity contribution in [2.75, 3.05) is 26.3 Å². The first-order valence-electron chi connectivity index (χ1n) is 11.8. The topological polar surface area (TPSA) is 60.6 Å². The van der Waals surface area contributed by atoms with Crippen LogP contribution in [0.25, 0.3) is 22.8 Å². The highest BCUT2D eigenvalue weighted by molar-refractivity contribution is 5.67. The second kappa shape index (κ2) is 8.94. The van der Waals surface area contributed by atoms with E-state index in [9.17, 15) is 0 Å². The lowest BCUT2D eigenvalue weighted by Crippen LogP contribution is -2.24. The summed E-state index contributed by atoms with van der Waals surface area (Å²) in [5, 5.41) is 4.34. The fraction of sp³-hybridized carbons (Fsp3) is 0.462. The number of hydrogen-bond acceptors (Lipinski definition) is 6. The molecule has 2 aliphatic rings. The van der Waals surface area contributed by atoms with E-state index in [2.05, 4.69) is 35.2 Å². The molecular weight excluding hydrogens is 402 g/mol. The zero-order valence-corrected chi connectivity index (χ0v) is 19.1. The van der Waals surface area contributed by atoms with Gasteiger partial charge in [0, 0.05) is 23.7 Å². The Morgan fingerprint density at radius 2 is 1.91 bits per heavy atom. The number of benzene rings is 2. The SMILES string of the molecule is CCOc1ccc(-c2nc(-c3cccc4c3CCC4N3CC[C@@H](C)C3)no2)cc1OCC. The first-order valence-corrected chi connectivity index (χ1v) is 11.8. The van der Waals surface area contributed by atoms with E-state index >= 15 is 0 Å². The Balaban J connectivity index is 1.44. The van der Waals surface area contributed by atoms with Crippen LogP contribution in [0.2, 0.25) is 0 Å². The van der Waals surface area contributed by atoms with Gasteiger partial charge in [0.15, 0.2) is 11.5 Å². The van der Waals surface area contributed by atoms with E-state index in [-0.39, 0.29) is 0 Å². The predicted molar refractivity (Wildman–Crippen MR) is 124 cm³/mol. The van der Waals surface area contributed by atoms with Crippen LogP contribution in [-0.2, 0) is 6.42 Å². The first kappa shape index (κ1) is 21.0. The van der Waals surface area contributed by atoms with Gasteiger partial charge in [0.25, 0.3) is 5.89 Å². The number of ether oxygens (including phenoxy) is 2. The number of nitrogens with zero attached hydrogens (tertiary/aromatic N) is 3. The molecule has 32 heavy (non-hydrogen) atoms. The van der Waals surface area contributed by atoms with Gasteiger partial charge in [-0.05, 0) is 74.9 Å². The standard InChI is InChI=1S/C26H31N3O3/c1-4-30-23-12-9-18(15-24(23)31-5-2)26-27-25(28-32-26)21-8-6-7-20-19(21)10-11-22(20)29-14-13-17(3)16-29/h6-9,12,15,17,22H,4-5,10-11,13-14,16H2,1-3H3/t17-,22?/m1/s1. The van der Waals surface area contributed by atoms with Crippen molar-refractivity contribution in [3.05, 3.63) is 47.5 Å². The van der Waals surface area contributed by atoms with Crippen molar-refractivity contribution in [3.63, 3.8) is 0 Å². The maximum absolute atomic E-state index is 5.75. The van der Waals surface area contributed by atoms with Crippen LogP contribution in [0.15, 0.2) is 40.9 Å². The number of aromatic nitrogens is 2. The van der Waals surface area contributed by atoms with E-state index in [1.54, 1.807) is 0 Å². The number of fused-ring (bicyclic) bond motifs is 1. The van der Waals surface area contributed by atoms with E-state index in [4.69, 9.17) is 19.0 Å². The van der Waals surface area contributed by atoms with Crippen molar-refractivity contribution in [1.29, 1.82) is 0 Å². The van der Waals surface area contributed by atoms with Gasteiger partial charge < -0.3 is 14.0 Å². The minimum atomic E-state index is 0.490. The highest BCUT2D eigenvalue weighted by Gasteiger charge is 2.33. The van der Waals surface area contributed by atoms with Crippen LogP contribution >= 0.6 is 0 Å². The average Bonchev–Trinajstić information content (AvgIpc) is 3.54. The highest BCUT2D eigenvalue weighted by Crippen LogP contribution is 2.42. The maximum atomic E-state index is 5.75. The summed E-state index contributed by atoms with van der Waals surface area (Å²) in [5.41, 5.74) is 4.71. The van der Waals surface area contributed by atoms with Gasteiger partial charge in [-0.1, -0.05) is 30.3 Å². The molecule has 1 saturated heterocycles. The average molecular weight is 434 g/mol. The lowest BCUT2D eigenvalue weighted by Gasteiger charge is -2.24. The normalized spacial score (nSPS) is 20.5. The van der Waals surface area contributed by atoms with Gasteiger partial charge in [0.1, 0.15) is 0 Å². The lowest BCUT2D eigenvalue weighted by atomic mass is 10.0. The van der Waals surface area contributed by atoms with Crippen molar-refractivity contribution in [3.8, 4) is 34.3 Å². The molecule has 6 heteroatoms. The predicted octanol–water partition coefficient (Wildman–Crippen LogP) is 5.53. The third kappa shape index (κ3) is 3.88. The molecule has 0 bridgehead atoms. The molecule has 0 N–H and O–H groups in total. The van der Waals surface area contributed by atoms with Crippen LogP contribution in [0.3, 0.4) is 0 Å². The summed E-state index contributed by atoms with van der Waals surface area (Å²) in [6.07, 6.45) is 3.52. The van der Waals surface area contributed by atoms with Crippen LogP contribution < -0.4 is 9.47 Å². The van der Waals surface area contributed by atoms with Crippen molar-refractivity contribution in [2.45, 2.75) is 46.1 Å². The third-order valence-electron chi connectivity index (χ3n) is 6.59. The zero-order valence-electron chi connectivity index (χ0n) is 19.1. The summed E-state index contributed by atoms with van der Waals surface area (Å²) in [6, 6.07) is 12.8. The van der Waals surface area contributed by atoms with Crippen molar-refractivity contribution in [1.82, 2.24) is 15.0 Å². The van der Waals surface area contributed by atoms with Gasteiger partial charge in [0.05, 0.1) is 13.2 Å². The van der Waals surface area contributed by atoms with Crippen LogP contribution in [-0.4, -0.2) is 41.3 Å². The molecule has 6 nitrogen and oxygen atoms in total. The van der Waals surface area contributed by atoms with Gasteiger partial charge >= 0.3 is 0 Å². The molecule has 1 unspecified atom stereocenters. The first-order chi connectivity index (χ1) is 15.7. The summed E-state index contributed by atoms with van der Waals surface area (Å²) in [5.74, 6) is 3.34. The number of likely N-dealkylation sites (tertiary alicyclic amines) is 1. The molecule has 1 aliphatic carbocycles. The Labute approximate surface area is 189 Å². The molecule has 2 heterocycles. The Kier molecular flexibility index (Phi) is 5.87. The summed E-state index contributed by atoms with van der Waals surface area (Å²) >= 11 is 0. The molecule has 168 valence electrons. The van der Waals surface area contributed by atoms with Crippen molar-refractivity contribution < 1.29 is 14.0 Å². The van der Waals surface area contributed by atoms with Gasteiger partial charge in [-0.3, -0.25) is 4.90 Å². The zero-order chi connectivity index (χ0) is 22.1. The Hall–Kier alpha value is -2.86. The molecule has 2 atom stereocenters. The molecule has 3 aromatic rings. The van der Waals surface area contributed by atoms with E-state index in [0.29, 0.717) is 36.7 Å². The second-order valence-electron chi connectivity index (χ2n) is 8.77. The fourth-order valence-electron chi connectivity index (χ4n) is 5.11. The van der Waals surface area contributed by atoms with Gasteiger partial charge in [0.2, 0.25) is 5.82 Å². The Bertz CT molecular complexity index is 1090. The van der Waals surface area contributed by atoms with E-state index in [1.165, 1.54) is 37.1 Å². The molecule has 2 aromatic carbocycles. The minimum Gasteiger partial charge on any atom is -0.490 e. The molecule has 0 radical (unpaired) electrons. The molecule has 1 aliphatic heterocycles. The molecule has 5 rings (SSSR count). The summed E-state index contributed by atoms with van der Waals surface area (Å²) in [4.78, 5) is 7.40. The highest BCUT2D eigenvalue weighted by atomic mass is 16.5. The van der Waals surface area contributed by atoms with E-state index in [1.807, 2.05) is 32.0 Å². The maximum Gasteiger partial charge on any atom is 0.258 e. The minimum absolute atomic E-state index is 0.490. The van der Waals surface area contributed by atoms with E-state index < -0.39 is 0 Å². The van der Waals surface area contributed by atoms with E-state index in [0.717, 1.165) is 29.2 Å². The third-order valence-corrected chi connectivity index (χ3v) is 6.59. The summed E-state index contributed by atoms with van der Waals surface area (Å²) in [7, 11) is 0. The Morgan fingerprint density at radius 3 is 2.69 bits per heavy atom. The smallest absolute Gasteiger partial charge is 0.258 e. The summed E-state index contributed by atoms with van der Waals surface area (Å²) < 4.78 is 17.1. The molecule has 0 spiro atoms. The van der Waals surface area contributed by atoms with Crippen LogP contribution in [0.1, 0.15) is 50.8 Å². The van der Waals surface area contributed by atoms with Gasteiger partial charge in [-0.2, -0.15) is 4.98 Å². The number of rotatable bonds is 7. The quantitative estimate of drug-likeness (QED) is 0.488. The molecular formula is C26H31N3O3. The second-order valence-corrected chi connectivity index (χ2v) is 8.77. The Morgan fingerprint density at radius 1 is 1.06 bits per heavy atom. The fourth-order valence-corrected chi connectivity index (χ4v) is 5.11. The monoisotopic (exact) mass is 433 g/mol. The van der Waals surface area contributed by atoms with Gasteiger partial charge in [-0.15, -0.1) is 0 Å². The molecule has 0 saturated carbocycles. The van der Waals surface area contributed by atoms with Crippen molar-refractivity contribution >= 4 is 0 Å². The van der Waals surface area contributed by atoms with Crippen LogP contribution in [0, 0.1) is 5.92 Å². The van der Waals surface area contributed by atoms with Crippen LogP contribution in [0.4, 0.5) is 0 Å². The van der Waals surface area contributed by atoms with Crippen molar-refractivity contribution in [2.24, 2.45) is 5.92 Å².